The summed E-state index contributed by atoms with van der Waals surface area (Å²) in [4.78, 5) is 8.31. The third-order valence-corrected chi connectivity index (χ3v) is 1.81. The van der Waals surface area contributed by atoms with Gasteiger partial charge in [-0.05, 0) is 18.1 Å². The van der Waals surface area contributed by atoms with Crippen molar-refractivity contribution < 1.29 is 4.42 Å². The predicted octanol–water partition coefficient (Wildman–Crippen LogP) is 2.35. The quantitative estimate of drug-likeness (QED) is 0.646. The van der Waals surface area contributed by atoms with Crippen LogP contribution < -0.4 is 0 Å². The molecule has 0 N–H and O–H groups in total. The van der Waals surface area contributed by atoms with E-state index < -0.39 is 0 Å². The van der Waals surface area contributed by atoms with E-state index in [0.717, 1.165) is 11.3 Å². The summed E-state index contributed by atoms with van der Waals surface area (Å²) in [6.45, 7) is 4.21. The Hall–Kier alpha value is -1.38. The first kappa shape index (κ1) is 7.28. The molecule has 2 aromatic heterocycles. The van der Waals surface area contributed by atoms with Gasteiger partial charge in [0.15, 0.2) is 17.6 Å². The molecule has 0 fully saturated rings. The standard InChI is InChI=1S/C9H10N2O/c1-6(2)7-3-4-8-9(11-7)10-5-12-8/h3-6H,1-2H3. The van der Waals surface area contributed by atoms with E-state index >= 15 is 0 Å². The van der Waals surface area contributed by atoms with Gasteiger partial charge in [0, 0.05) is 5.69 Å². The van der Waals surface area contributed by atoms with Crippen molar-refractivity contribution in [3.8, 4) is 0 Å². The second-order valence-electron chi connectivity index (χ2n) is 3.06. The van der Waals surface area contributed by atoms with Crippen molar-refractivity contribution in [1.29, 1.82) is 0 Å². The number of fused-ring (bicyclic) bond motifs is 1. The number of oxazole rings is 1. The maximum Gasteiger partial charge on any atom is 0.198 e. The molecule has 0 amide bonds. The Morgan fingerprint density at radius 2 is 2.17 bits per heavy atom. The molecular weight excluding hydrogens is 152 g/mol. The molecule has 2 rings (SSSR count). The zero-order valence-electron chi connectivity index (χ0n) is 7.11. The first-order chi connectivity index (χ1) is 5.77. The van der Waals surface area contributed by atoms with Crippen LogP contribution in [0.15, 0.2) is 22.9 Å². The maximum absolute atomic E-state index is 5.08. The molecule has 0 bridgehead atoms. The van der Waals surface area contributed by atoms with Gasteiger partial charge >= 0.3 is 0 Å². The minimum atomic E-state index is 0.436. The summed E-state index contributed by atoms with van der Waals surface area (Å²) in [5.41, 5.74) is 2.50. The number of nitrogens with zero attached hydrogens (tertiary/aromatic N) is 2. The summed E-state index contributed by atoms with van der Waals surface area (Å²) < 4.78 is 5.08. The number of rotatable bonds is 1. The highest BCUT2D eigenvalue weighted by molar-refractivity contribution is 5.66. The normalized spacial score (nSPS) is 11.2. The van der Waals surface area contributed by atoms with Crippen LogP contribution in [-0.4, -0.2) is 9.97 Å². The summed E-state index contributed by atoms with van der Waals surface area (Å²) in [6, 6.07) is 3.88. The Kier molecular flexibility index (Phi) is 1.57. The Morgan fingerprint density at radius 1 is 1.33 bits per heavy atom. The lowest BCUT2D eigenvalue weighted by atomic mass is 10.1. The fraction of sp³-hybridized carbons (Fsp3) is 0.333. The number of hydrogen-bond acceptors (Lipinski definition) is 3. The van der Waals surface area contributed by atoms with Crippen LogP contribution in [0, 0.1) is 0 Å². The third-order valence-electron chi connectivity index (χ3n) is 1.81. The van der Waals surface area contributed by atoms with Gasteiger partial charge in [-0.3, -0.25) is 0 Å². The Labute approximate surface area is 70.4 Å². The Balaban J connectivity index is 2.60. The zero-order valence-corrected chi connectivity index (χ0v) is 7.11. The molecule has 0 aromatic carbocycles. The Morgan fingerprint density at radius 3 is 2.92 bits per heavy atom. The molecule has 2 aromatic rings. The lowest BCUT2D eigenvalue weighted by Crippen LogP contribution is -1.91. The number of aromatic nitrogens is 2. The maximum atomic E-state index is 5.08. The summed E-state index contributed by atoms with van der Waals surface area (Å²) in [5, 5.41) is 0. The predicted molar refractivity (Wildman–Crippen MR) is 45.9 cm³/mol. The summed E-state index contributed by atoms with van der Waals surface area (Å²) in [7, 11) is 0. The van der Waals surface area contributed by atoms with E-state index in [1.54, 1.807) is 0 Å². The Bertz CT molecular complexity index is 392. The van der Waals surface area contributed by atoms with E-state index in [1.165, 1.54) is 6.39 Å². The average Bonchev–Trinajstić information content (AvgIpc) is 2.49. The molecule has 0 spiro atoms. The smallest absolute Gasteiger partial charge is 0.198 e. The first-order valence-electron chi connectivity index (χ1n) is 3.97. The van der Waals surface area contributed by atoms with Gasteiger partial charge in [0.1, 0.15) is 0 Å². The molecule has 0 aliphatic heterocycles. The third kappa shape index (κ3) is 1.07. The molecule has 0 saturated carbocycles. The molecule has 0 aliphatic carbocycles. The van der Waals surface area contributed by atoms with Crippen LogP contribution in [0.1, 0.15) is 25.5 Å². The highest BCUT2D eigenvalue weighted by atomic mass is 16.3. The van der Waals surface area contributed by atoms with E-state index in [4.69, 9.17) is 4.42 Å². The number of pyridine rings is 1. The van der Waals surface area contributed by atoms with Crippen LogP contribution in [0.2, 0.25) is 0 Å². The topological polar surface area (TPSA) is 38.9 Å². The van der Waals surface area contributed by atoms with Gasteiger partial charge in [-0.1, -0.05) is 13.8 Å². The fourth-order valence-corrected chi connectivity index (χ4v) is 1.09. The van der Waals surface area contributed by atoms with Gasteiger partial charge in [-0.25, -0.2) is 4.98 Å². The molecule has 3 nitrogen and oxygen atoms in total. The van der Waals surface area contributed by atoms with Crippen molar-refractivity contribution in [3.63, 3.8) is 0 Å². The van der Waals surface area contributed by atoms with Crippen LogP contribution in [0.4, 0.5) is 0 Å². The molecule has 0 atom stereocenters. The lowest BCUT2D eigenvalue weighted by Gasteiger charge is -2.01. The molecule has 62 valence electrons. The van der Waals surface area contributed by atoms with Crippen molar-refractivity contribution in [2.24, 2.45) is 0 Å². The molecule has 2 heterocycles. The van der Waals surface area contributed by atoms with Crippen molar-refractivity contribution in [2.45, 2.75) is 19.8 Å². The molecular formula is C9H10N2O. The van der Waals surface area contributed by atoms with Gasteiger partial charge in [0.25, 0.3) is 0 Å². The SMILES string of the molecule is CC(C)c1ccc2ocnc2n1. The average molecular weight is 162 g/mol. The number of hydrogen-bond donors (Lipinski definition) is 0. The minimum Gasteiger partial charge on any atom is -0.442 e. The zero-order chi connectivity index (χ0) is 8.55. The van der Waals surface area contributed by atoms with Crippen LogP contribution in [0.3, 0.4) is 0 Å². The van der Waals surface area contributed by atoms with Gasteiger partial charge < -0.3 is 4.42 Å². The molecule has 3 heteroatoms. The van der Waals surface area contributed by atoms with Crippen molar-refractivity contribution in [1.82, 2.24) is 9.97 Å². The highest BCUT2D eigenvalue weighted by Gasteiger charge is 2.04. The van der Waals surface area contributed by atoms with E-state index in [9.17, 15) is 0 Å². The minimum absolute atomic E-state index is 0.436. The molecule has 12 heavy (non-hydrogen) atoms. The van der Waals surface area contributed by atoms with Crippen molar-refractivity contribution in [2.75, 3.05) is 0 Å². The lowest BCUT2D eigenvalue weighted by molar-refractivity contribution is 0.602. The summed E-state index contributed by atoms with van der Waals surface area (Å²) in [5.74, 6) is 0.436. The van der Waals surface area contributed by atoms with Gasteiger partial charge in [0.2, 0.25) is 0 Å². The van der Waals surface area contributed by atoms with E-state index in [2.05, 4.69) is 23.8 Å². The van der Waals surface area contributed by atoms with E-state index in [0.29, 0.717) is 11.6 Å². The van der Waals surface area contributed by atoms with E-state index in [1.807, 2.05) is 12.1 Å². The monoisotopic (exact) mass is 162 g/mol. The van der Waals surface area contributed by atoms with Crippen LogP contribution in [0.5, 0.6) is 0 Å². The summed E-state index contributed by atoms with van der Waals surface area (Å²) in [6.07, 6.45) is 1.42. The van der Waals surface area contributed by atoms with Gasteiger partial charge in [-0.15, -0.1) is 0 Å². The second-order valence-corrected chi connectivity index (χ2v) is 3.06. The first-order valence-corrected chi connectivity index (χ1v) is 3.97. The molecule has 0 radical (unpaired) electrons. The van der Waals surface area contributed by atoms with E-state index in [-0.39, 0.29) is 0 Å². The van der Waals surface area contributed by atoms with Crippen LogP contribution >= 0.6 is 0 Å². The van der Waals surface area contributed by atoms with Crippen molar-refractivity contribution >= 4 is 11.2 Å². The van der Waals surface area contributed by atoms with Crippen LogP contribution in [-0.2, 0) is 0 Å². The van der Waals surface area contributed by atoms with Gasteiger partial charge in [-0.2, -0.15) is 4.98 Å². The fourth-order valence-electron chi connectivity index (χ4n) is 1.09. The second kappa shape index (κ2) is 2.59. The summed E-state index contributed by atoms with van der Waals surface area (Å²) >= 11 is 0. The van der Waals surface area contributed by atoms with Crippen molar-refractivity contribution in [3.05, 3.63) is 24.2 Å². The largest absolute Gasteiger partial charge is 0.442 e. The highest BCUT2D eigenvalue weighted by Crippen LogP contribution is 2.15. The molecule has 0 aliphatic rings. The molecule has 0 unspecified atom stereocenters. The van der Waals surface area contributed by atoms with Crippen LogP contribution in [0.25, 0.3) is 11.2 Å². The molecule has 0 saturated heterocycles. The van der Waals surface area contributed by atoms with Gasteiger partial charge in [0.05, 0.1) is 0 Å².